The zero-order valence-corrected chi connectivity index (χ0v) is 8.19. The van der Waals surface area contributed by atoms with Crippen molar-refractivity contribution in [3.63, 3.8) is 0 Å². The molecule has 0 aliphatic heterocycles. The summed E-state index contributed by atoms with van der Waals surface area (Å²) in [7, 11) is -1.75. The van der Waals surface area contributed by atoms with Crippen molar-refractivity contribution in [2.75, 3.05) is 0 Å². The molecule has 0 unspecified atom stereocenters. The fourth-order valence-electron chi connectivity index (χ4n) is 1.15. The largest absolute Gasteiger partial charge is 0.508 e. The van der Waals surface area contributed by atoms with E-state index < -0.39 is 9.28 Å². The average molecular weight is 201 g/mol. The first-order chi connectivity index (χ1) is 7.27. The maximum Gasteiger partial charge on any atom is 0.378 e. The maximum absolute atomic E-state index is 9.46. The van der Waals surface area contributed by atoms with Gasteiger partial charge in [0, 0.05) is 0 Å². The highest BCUT2D eigenvalue weighted by Gasteiger charge is 2.05. The number of benzene rings is 1. The van der Waals surface area contributed by atoms with Gasteiger partial charge in [-0.1, -0.05) is 18.2 Å². The third-order valence-electron chi connectivity index (χ3n) is 1.82. The first kappa shape index (κ1) is 7.55. The Morgan fingerprint density at radius 1 is 1.31 bits per heavy atom. The molecule has 1 rings (SSSR count). The Morgan fingerprint density at radius 2 is 2.08 bits per heavy atom. The molecule has 1 aromatic carbocycles. The Hall–Kier alpha value is -0.843. The van der Waals surface area contributed by atoms with Gasteiger partial charge in [-0.05, 0) is 30.5 Å². The molecule has 0 aliphatic rings. The van der Waals surface area contributed by atoms with Crippen LogP contribution in [0.5, 0.6) is 5.75 Å². The van der Waals surface area contributed by atoms with Gasteiger partial charge in [-0.15, -0.1) is 0 Å². The van der Waals surface area contributed by atoms with Gasteiger partial charge in [-0.2, -0.15) is 0 Å². The lowest BCUT2D eigenvalue weighted by atomic mass is 10.1. The second-order valence-electron chi connectivity index (χ2n) is 2.85. The van der Waals surface area contributed by atoms with Crippen LogP contribution in [0.2, 0.25) is 6.04 Å². The van der Waals surface area contributed by atoms with Gasteiger partial charge in [-0.3, -0.25) is 0 Å². The van der Waals surface area contributed by atoms with Crippen LogP contribution in [0.15, 0.2) is 24.3 Å². The molecule has 0 aromatic heterocycles. The number of para-hydroxylation sites is 1. The summed E-state index contributed by atoms with van der Waals surface area (Å²) in [5.74, 6) is 0.282. The standard InChI is InChI=1S/C9H13O3Si/c10-9-6-2-1-4-8(9)5-3-7-13(11)12/h1-2,4,6,10-12H,3,5,7H2/i11T,12T. The highest BCUT2D eigenvalue weighted by molar-refractivity contribution is 6.40. The summed E-state index contributed by atoms with van der Waals surface area (Å²) in [6, 6.07) is 7.69. The molecular weight excluding hydrogens is 184 g/mol. The minimum Gasteiger partial charge on any atom is -0.508 e. The zero-order valence-electron chi connectivity index (χ0n) is 9.19. The predicted octanol–water partition coefficient (Wildman–Crippen LogP) is 0.798. The number of hydrogen-bond acceptors (Lipinski definition) is 3. The van der Waals surface area contributed by atoms with E-state index in [0.29, 0.717) is 12.5 Å². The van der Waals surface area contributed by atoms with Crippen LogP contribution in [0.25, 0.3) is 0 Å². The van der Waals surface area contributed by atoms with Crippen LogP contribution in [0.3, 0.4) is 0 Å². The van der Waals surface area contributed by atoms with Crippen molar-refractivity contribution in [3.05, 3.63) is 29.8 Å². The van der Waals surface area contributed by atoms with E-state index in [2.05, 4.69) is 9.60 Å². The van der Waals surface area contributed by atoms with Gasteiger partial charge in [0.2, 0.25) is 0 Å². The normalized spacial score (nSPS) is 12.7. The third kappa shape index (κ3) is 3.58. The molecule has 0 saturated heterocycles. The van der Waals surface area contributed by atoms with E-state index in [1.165, 1.54) is 0 Å². The minimum atomic E-state index is -1.75. The molecule has 0 saturated carbocycles. The Bertz CT molecular complexity index is 294. The van der Waals surface area contributed by atoms with E-state index >= 15 is 0 Å². The highest BCUT2D eigenvalue weighted by atomic mass is 28.3. The van der Waals surface area contributed by atoms with Crippen molar-refractivity contribution < 1.29 is 14.7 Å². The molecule has 1 radical (unpaired) electrons. The SMILES string of the molecule is [3H]O[Si](CCCc1ccccc1O)O[3H]. The van der Waals surface area contributed by atoms with Crippen molar-refractivity contribution in [1.82, 2.24) is 0 Å². The first-order valence-electron chi connectivity index (χ1n) is 4.98. The molecule has 4 heteroatoms. The number of aromatic hydroxyl groups is 1. The molecule has 0 atom stereocenters. The summed E-state index contributed by atoms with van der Waals surface area (Å²) in [5.41, 5.74) is 0.869. The van der Waals surface area contributed by atoms with Crippen LogP contribution in [-0.4, -0.2) is 26.8 Å². The van der Waals surface area contributed by atoms with E-state index in [4.69, 9.17) is 2.86 Å². The van der Waals surface area contributed by atoms with Gasteiger partial charge in [0.15, 0.2) is 2.86 Å². The van der Waals surface area contributed by atoms with Gasteiger partial charge in [0.25, 0.3) is 0 Å². The van der Waals surface area contributed by atoms with Crippen LogP contribution in [-0.2, 0) is 6.42 Å². The van der Waals surface area contributed by atoms with Crippen molar-refractivity contribution in [3.8, 4) is 5.75 Å². The molecular formula is C9H13O3Si. The van der Waals surface area contributed by atoms with E-state index in [1.54, 1.807) is 12.1 Å². The summed E-state index contributed by atoms with van der Waals surface area (Å²) >= 11 is 0. The van der Waals surface area contributed by atoms with Gasteiger partial charge in [0.1, 0.15) is 5.75 Å². The highest BCUT2D eigenvalue weighted by Crippen LogP contribution is 2.17. The van der Waals surface area contributed by atoms with Crippen molar-refractivity contribution >= 4 is 9.28 Å². The molecule has 0 fully saturated rings. The molecule has 1 aromatic rings. The van der Waals surface area contributed by atoms with Crippen LogP contribution in [0, 0.1) is 0 Å². The van der Waals surface area contributed by atoms with Crippen LogP contribution in [0.4, 0.5) is 0 Å². The van der Waals surface area contributed by atoms with Gasteiger partial charge in [0.05, 0.1) is 0 Å². The Labute approximate surface area is 82.1 Å². The van der Waals surface area contributed by atoms with Crippen molar-refractivity contribution in [2.45, 2.75) is 18.9 Å². The number of aryl methyl sites for hydroxylation is 1. The molecule has 13 heavy (non-hydrogen) atoms. The Morgan fingerprint density at radius 3 is 2.77 bits per heavy atom. The van der Waals surface area contributed by atoms with Crippen LogP contribution in [0.1, 0.15) is 12.0 Å². The second-order valence-corrected chi connectivity index (χ2v) is 4.10. The van der Waals surface area contributed by atoms with Crippen LogP contribution < -0.4 is 0 Å². The molecule has 71 valence electrons. The first-order valence-corrected chi connectivity index (χ1v) is 5.69. The molecule has 3 nitrogen and oxygen atoms in total. The monoisotopic (exact) mass is 201 g/mol. The zero-order chi connectivity index (χ0) is 11.1. The fourth-order valence-corrected chi connectivity index (χ4v) is 1.61. The number of rotatable bonds is 6. The lowest BCUT2D eigenvalue weighted by molar-refractivity contribution is 0.402. The lowest BCUT2D eigenvalue weighted by Crippen LogP contribution is -2.09. The second kappa shape index (κ2) is 5.01. The topological polar surface area (TPSA) is 60.7 Å². The maximum atomic E-state index is 9.46. The van der Waals surface area contributed by atoms with Crippen LogP contribution >= 0.6 is 0 Å². The number of phenolic OH excluding ortho intramolecular Hbond substituents is 1. The Kier molecular flexibility index (Phi) is 2.91. The van der Waals surface area contributed by atoms with Crippen molar-refractivity contribution in [1.29, 1.82) is 2.86 Å². The van der Waals surface area contributed by atoms with Gasteiger partial charge in [-0.25, -0.2) is 0 Å². The predicted molar refractivity (Wildman–Crippen MR) is 51.4 cm³/mol. The summed E-state index contributed by atoms with van der Waals surface area (Å²) in [6.07, 6.45) is 1.44. The summed E-state index contributed by atoms with van der Waals surface area (Å²) in [4.78, 5) is 8.49. The van der Waals surface area contributed by atoms with Gasteiger partial charge >= 0.3 is 9.28 Å². The molecule has 0 amide bonds. The summed E-state index contributed by atoms with van der Waals surface area (Å²) < 4.78 is 13.3. The average Bonchev–Trinajstić information content (AvgIpc) is 2.27. The van der Waals surface area contributed by atoms with E-state index in [9.17, 15) is 5.11 Å². The fraction of sp³-hybridized carbons (Fsp3) is 0.333. The Balaban J connectivity index is 2.34. The summed E-state index contributed by atoms with van der Waals surface area (Å²) in [5, 5.41) is 9.46. The lowest BCUT2D eigenvalue weighted by Gasteiger charge is -2.03. The molecule has 0 spiro atoms. The molecule has 0 bridgehead atoms. The van der Waals surface area contributed by atoms with E-state index in [0.717, 1.165) is 12.0 Å². The molecule has 3 N–H and O–H groups in total. The molecule has 0 aliphatic carbocycles. The minimum absolute atomic E-state index is 0.282. The number of hydrogen-bond donors (Lipinski definition) is 3. The van der Waals surface area contributed by atoms with Crippen molar-refractivity contribution in [2.24, 2.45) is 0 Å². The third-order valence-corrected chi connectivity index (χ3v) is 2.58. The van der Waals surface area contributed by atoms with E-state index in [-0.39, 0.29) is 5.75 Å². The number of phenols is 1. The quantitative estimate of drug-likeness (QED) is 0.597. The van der Waals surface area contributed by atoms with Gasteiger partial charge < -0.3 is 14.7 Å². The summed E-state index contributed by atoms with van der Waals surface area (Å²) in [6.45, 7) is 0. The molecule has 0 heterocycles. The smallest absolute Gasteiger partial charge is 0.378 e. The van der Waals surface area contributed by atoms with E-state index in [1.807, 2.05) is 12.1 Å².